The van der Waals surface area contributed by atoms with Crippen molar-refractivity contribution in [2.45, 2.75) is 13.1 Å². The third kappa shape index (κ3) is 4.05. The van der Waals surface area contributed by atoms with E-state index < -0.39 is 22.4 Å². The number of aromatic nitrogens is 1. The zero-order valence-electron chi connectivity index (χ0n) is 14.9. The van der Waals surface area contributed by atoms with Gasteiger partial charge in [0, 0.05) is 44.1 Å². The Kier molecular flexibility index (Phi) is 5.21. The number of pyridine rings is 1. The molecular weight excluding hydrogens is 377 g/mol. The van der Waals surface area contributed by atoms with E-state index in [4.69, 9.17) is 0 Å². The highest BCUT2D eigenvalue weighted by molar-refractivity contribution is 5.94. The van der Waals surface area contributed by atoms with E-state index in [1.54, 1.807) is 21.9 Å². The van der Waals surface area contributed by atoms with Gasteiger partial charge in [-0.25, -0.2) is 0 Å². The van der Waals surface area contributed by atoms with Gasteiger partial charge in [-0.05, 0) is 31.2 Å². The number of anilines is 1. The van der Waals surface area contributed by atoms with Gasteiger partial charge in [0.05, 0.1) is 16.1 Å². The second-order valence-electron chi connectivity index (χ2n) is 6.43. The van der Waals surface area contributed by atoms with Crippen LogP contribution in [-0.2, 0) is 6.18 Å². The first-order chi connectivity index (χ1) is 13.2. The molecule has 1 saturated heterocycles. The van der Waals surface area contributed by atoms with Crippen molar-refractivity contribution in [3.05, 3.63) is 63.5 Å². The third-order valence-corrected chi connectivity index (χ3v) is 4.57. The molecule has 0 spiro atoms. The highest BCUT2D eigenvalue weighted by Gasteiger charge is 2.34. The molecule has 0 atom stereocenters. The fourth-order valence-electron chi connectivity index (χ4n) is 3.04. The molecule has 10 heteroatoms. The topological polar surface area (TPSA) is 79.6 Å². The molecule has 0 bridgehead atoms. The summed E-state index contributed by atoms with van der Waals surface area (Å²) in [5.41, 5.74) is -0.321. The largest absolute Gasteiger partial charge is 0.416 e. The number of benzene rings is 1. The number of nitro benzene ring substituents is 1. The lowest BCUT2D eigenvalue weighted by Gasteiger charge is -2.35. The van der Waals surface area contributed by atoms with Gasteiger partial charge >= 0.3 is 6.18 Å². The number of hydrogen-bond donors (Lipinski definition) is 0. The molecule has 1 aliphatic rings. The first-order valence-corrected chi connectivity index (χ1v) is 8.49. The molecule has 1 aliphatic heterocycles. The Labute approximate surface area is 158 Å². The number of nitro groups is 1. The lowest BCUT2D eigenvalue weighted by molar-refractivity contribution is -0.384. The maximum absolute atomic E-state index is 12.8. The number of amides is 1. The summed E-state index contributed by atoms with van der Waals surface area (Å²) in [6.45, 7) is 2.95. The molecule has 1 amide bonds. The Morgan fingerprint density at radius 3 is 2.36 bits per heavy atom. The van der Waals surface area contributed by atoms with Crippen molar-refractivity contribution < 1.29 is 22.9 Å². The van der Waals surface area contributed by atoms with E-state index in [2.05, 4.69) is 4.98 Å². The van der Waals surface area contributed by atoms with Crippen molar-refractivity contribution in [2.75, 3.05) is 31.1 Å². The quantitative estimate of drug-likeness (QED) is 0.590. The van der Waals surface area contributed by atoms with Crippen LogP contribution < -0.4 is 4.90 Å². The number of carbonyl (C=O) groups excluding carboxylic acids is 1. The van der Waals surface area contributed by atoms with Gasteiger partial charge in [-0.2, -0.15) is 13.2 Å². The fraction of sp³-hybridized carbons (Fsp3) is 0.333. The molecule has 28 heavy (non-hydrogen) atoms. The predicted molar refractivity (Wildman–Crippen MR) is 95.2 cm³/mol. The molecule has 0 radical (unpaired) electrons. The molecule has 0 aliphatic carbocycles. The second kappa shape index (κ2) is 7.45. The molecular formula is C18H17F3N4O3. The summed E-state index contributed by atoms with van der Waals surface area (Å²) in [6.07, 6.45) is -3.17. The van der Waals surface area contributed by atoms with Gasteiger partial charge in [0.25, 0.3) is 11.6 Å². The average Bonchev–Trinajstić information content (AvgIpc) is 2.67. The number of aryl methyl sites for hydroxylation is 1. The number of hydrogen-bond acceptors (Lipinski definition) is 5. The Morgan fingerprint density at radius 2 is 1.82 bits per heavy atom. The molecule has 1 fully saturated rings. The van der Waals surface area contributed by atoms with E-state index in [1.165, 1.54) is 6.20 Å². The van der Waals surface area contributed by atoms with Crippen LogP contribution >= 0.6 is 0 Å². The van der Waals surface area contributed by atoms with Crippen LogP contribution in [0.2, 0.25) is 0 Å². The van der Waals surface area contributed by atoms with Crippen molar-refractivity contribution in [3.8, 4) is 0 Å². The summed E-state index contributed by atoms with van der Waals surface area (Å²) in [6, 6.07) is 5.90. The van der Waals surface area contributed by atoms with Crippen LogP contribution in [0.25, 0.3) is 0 Å². The first-order valence-electron chi connectivity index (χ1n) is 8.49. The fourth-order valence-corrected chi connectivity index (χ4v) is 3.04. The number of alkyl halides is 3. The molecule has 2 aromatic rings. The molecule has 7 nitrogen and oxygen atoms in total. The van der Waals surface area contributed by atoms with E-state index >= 15 is 0 Å². The summed E-state index contributed by atoms with van der Waals surface area (Å²) < 4.78 is 38.5. The van der Waals surface area contributed by atoms with Crippen LogP contribution in [0.5, 0.6) is 0 Å². The molecule has 148 valence electrons. The molecule has 0 saturated carbocycles. The van der Waals surface area contributed by atoms with E-state index in [9.17, 15) is 28.1 Å². The predicted octanol–water partition coefficient (Wildman–Crippen LogP) is 3.28. The van der Waals surface area contributed by atoms with Crippen LogP contribution in [0.1, 0.15) is 21.6 Å². The smallest absolute Gasteiger partial charge is 0.362 e. The van der Waals surface area contributed by atoms with Crippen LogP contribution in [0.3, 0.4) is 0 Å². The van der Waals surface area contributed by atoms with Crippen molar-refractivity contribution in [3.63, 3.8) is 0 Å². The van der Waals surface area contributed by atoms with Crippen molar-refractivity contribution in [1.82, 2.24) is 9.88 Å². The maximum Gasteiger partial charge on any atom is 0.416 e. The second-order valence-corrected chi connectivity index (χ2v) is 6.43. The number of halogens is 3. The molecule has 3 rings (SSSR count). The number of carbonyl (C=O) groups is 1. The molecule has 0 N–H and O–H groups in total. The van der Waals surface area contributed by atoms with Gasteiger partial charge in [0.15, 0.2) is 0 Å². The van der Waals surface area contributed by atoms with Gasteiger partial charge in [0.2, 0.25) is 0 Å². The van der Waals surface area contributed by atoms with Crippen LogP contribution in [0.15, 0.2) is 36.5 Å². The van der Waals surface area contributed by atoms with Gasteiger partial charge in [0.1, 0.15) is 5.69 Å². The summed E-state index contributed by atoms with van der Waals surface area (Å²) in [5, 5.41) is 11.3. The van der Waals surface area contributed by atoms with Gasteiger partial charge in [-0.1, -0.05) is 0 Å². The Morgan fingerprint density at radius 1 is 1.14 bits per heavy atom. The monoisotopic (exact) mass is 394 g/mol. The minimum Gasteiger partial charge on any atom is -0.362 e. The third-order valence-electron chi connectivity index (χ3n) is 4.57. The normalized spacial score (nSPS) is 14.9. The summed E-state index contributed by atoms with van der Waals surface area (Å²) >= 11 is 0. The highest BCUT2D eigenvalue weighted by atomic mass is 19.4. The lowest BCUT2D eigenvalue weighted by Crippen LogP contribution is -2.49. The Bertz CT molecular complexity index is 892. The van der Waals surface area contributed by atoms with Crippen molar-refractivity contribution in [1.29, 1.82) is 0 Å². The first kappa shape index (κ1) is 19.6. The number of nitrogens with zero attached hydrogens (tertiary/aromatic N) is 4. The zero-order valence-corrected chi connectivity index (χ0v) is 14.9. The molecule has 1 aromatic heterocycles. The van der Waals surface area contributed by atoms with Crippen LogP contribution in [-0.4, -0.2) is 46.9 Å². The minimum absolute atomic E-state index is 0.113. The number of piperazine rings is 1. The molecule has 1 aromatic carbocycles. The summed E-state index contributed by atoms with van der Waals surface area (Å²) in [7, 11) is 0. The Balaban J connectivity index is 1.75. The zero-order chi connectivity index (χ0) is 20.5. The lowest BCUT2D eigenvalue weighted by atomic mass is 10.1. The summed E-state index contributed by atoms with van der Waals surface area (Å²) in [5.74, 6) is -0.200. The standard InChI is InChI=1S/C18H17F3N4O3/c1-12-2-3-13(11-22-12)17(26)24-8-6-23(7-9-24)15-5-4-14(18(19,20)21)10-16(15)25(27)28/h2-5,10-11H,6-9H2,1H3. The molecule has 2 heterocycles. The van der Waals surface area contributed by atoms with Gasteiger partial charge in [-0.3, -0.25) is 19.9 Å². The van der Waals surface area contributed by atoms with E-state index in [1.807, 2.05) is 6.92 Å². The van der Waals surface area contributed by atoms with Crippen molar-refractivity contribution >= 4 is 17.3 Å². The molecule has 0 unspecified atom stereocenters. The van der Waals surface area contributed by atoms with E-state index in [0.717, 1.165) is 17.8 Å². The summed E-state index contributed by atoms with van der Waals surface area (Å²) in [4.78, 5) is 30.3. The average molecular weight is 394 g/mol. The van der Waals surface area contributed by atoms with E-state index in [0.29, 0.717) is 24.7 Å². The van der Waals surface area contributed by atoms with Gasteiger partial charge < -0.3 is 9.80 Å². The van der Waals surface area contributed by atoms with Crippen LogP contribution in [0.4, 0.5) is 24.5 Å². The highest BCUT2D eigenvalue weighted by Crippen LogP contribution is 2.36. The van der Waals surface area contributed by atoms with Crippen LogP contribution in [0, 0.1) is 17.0 Å². The Hall–Kier alpha value is -3.17. The maximum atomic E-state index is 12.8. The van der Waals surface area contributed by atoms with E-state index in [-0.39, 0.29) is 24.7 Å². The SMILES string of the molecule is Cc1ccc(C(=O)N2CCN(c3ccc(C(F)(F)F)cc3[N+](=O)[O-])CC2)cn1. The minimum atomic E-state index is -4.66. The van der Waals surface area contributed by atoms with Gasteiger partial charge in [-0.15, -0.1) is 0 Å². The number of rotatable bonds is 3. The van der Waals surface area contributed by atoms with Crippen molar-refractivity contribution in [2.24, 2.45) is 0 Å².